The minimum Gasteiger partial charge on any atom is -0.344 e. The molecule has 1 atom stereocenters. The molecule has 0 saturated heterocycles. The Hall–Kier alpha value is -2.20. The number of pyridine rings is 1. The van der Waals surface area contributed by atoms with E-state index in [1.54, 1.807) is 6.20 Å². The second-order valence-electron chi connectivity index (χ2n) is 4.65. The van der Waals surface area contributed by atoms with Crippen molar-refractivity contribution in [2.75, 3.05) is 6.54 Å². The number of aromatic nitrogens is 1. The van der Waals surface area contributed by atoms with Gasteiger partial charge in [0, 0.05) is 11.8 Å². The van der Waals surface area contributed by atoms with Crippen LogP contribution in [0.15, 0.2) is 48.7 Å². The van der Waals surface area contributed by atoms with Gasteiger partial charge in [0.15, 0.2) is 0 Å². The molecule has 104 valence electrons. The van der Waals surface area contributed by atoms with Gasteiger partial charge in [0.05, 0.1) is 11.7 Å². The lowest BCUT2D eigenvalue weighted by molar-refractivity contribution is 0.0938. The molecule has 0 bridgehead atoms. The van der Waals surface area contributed by atoms with Crippen molar-refractivity contribution in [1.82, 2.24) is 10.3 Å². The van der Waals surface area contributed by atoms with Gasteiger partial charge in [-0.25, -0.2) is 0 Å². The lowest BCUT2D eigenvalue weighted by Crippen LogP contribution is -2.28. The van der Waals surface area contributed by atoms with Crippen LogP contribution in [0.3, 0.4) is 0 Å². The fourth-order valence-electron chi connectivity index (χ4n) is 2.10. The molecule has 1 amide bonds. The summed E-state index contributed by atoms with van der Waals surface area (Å²) in [6.07, 6.45) is 2.42. The van der Waals surface area contributed by atoms with E-state index in [9.17, 15) is 4.79 Å². The van der Waals surface area contributed by atoms with Crippen LogP contribution in [0.1, 0.15) is 34.6 Å². The van der Waals surface area contributed by atoms with E-state index in [-0.39, 0.29) is 11.9 Å². The molecule has 0 aliphatic carbocycles. The molecule has 0 spiro atoms. The van der Waals surface area contributed by atoms with Crippen LogP contribution in [0.25, 0.3) is 0 Å². The van der Waals surface area contributed by atoms with E-state index in [2.05, 4.69) is 10.3 Å². The molecule has 0 aliphatic rings. The quantitative estimate of drug-likeness (QED) is 0.873. The third-order valence-electron chi connectivity index (χ3n) is 3.15. The zero-order valence-corrected chi connectivity index (χ0v) is 11.5. The first-order valence-corrected chi connectivity index (χ1v) is 6.72. The highest BCUT2D eigenvalue weighted by Gasteiger charge is 2.14. The highest BCUT2D eigenvalue weighted by molar-refractivity contribution is 5.95. The van der Waals surface area contributed by atoms with Crippen LogP contribution in [0.2, 0.25) is 0 Å². The van der Waals surface area contributed by atoms with E-state index in [4.69, 9.17) is 5.73 Å². The summed E-state index contributed by atoms with van der Waals surface area (Å²) in [4.78, 5) is 16.6. The Balaban J connectivity index is 2.12. The van der Waals surface area contributed by atoms with Crippen LogP contribution in [-0.2, 0) is 6.42 Å². The van der Waals surface area contributed by atoms with Gasteiger partial charge in [0.25, 0.3) is 5.91 Å². The first-order valence-electron chi connectivity index (χ1n) is 6.72. The second-order valence-corrected chi connectivity index (χ2v) is 4.65. The number of nitrogens with zero attached hydrogens (tertiary/aromatic N) is 1. The molecule has 4 heteroatoms. The van der Waals surface area contributed by atoms with Crippen molar-refractivity contribution in [1.29, 1.82) is 0 Å². The smallest absolute Gasteiger partial charge is 0.252 e. The average Bonchev–Trinajstić information content (AvgIpc) is 2.49. The minimum absolute atomic E-state index is 0.0906. The van der Waals surface area contributed by atoms with E-state index in [1.165, 1.54) is 0 Å². The molecular formula is C16H19N3O. The molecule has 0 radical (unpaired) electrons. The van der Waals surface area contributed by atoms with Crippen molar-refractivity contribution in [3.8, 4) is 0 Å². The number of carbonyl (C=O) groups excluding carboxylic acids is 1. The molecule has 1 aromatic carbocycles. The van der Waals surface area contributed by atoms with E-state index < -0.39 is 0 Å². The SMILES string of the molecule is CC(NC(=O)c1ccccc1CCN)c1ccccn1. The normalized spacial score (nSPS) is 11.9. The van der Waals surface area contributed by atoms with Gasteiger partial charge in [0.1, 0.15) is 0 Å². The Morgan fingerprint density at radius 2 is 2.00 bits per heavy atom. The second kappa shape index (κ2) is 6.82. The Morgan fingerprint density at radius 3 is 2.70 bits per heavy atom. The van der Waals surface area contributed by atoms with Gasteiger partial charge < -0.3 is 11.1 Å². The molecule has 1 aromatic heterocycles. The summed E-state index contributed by atoms with van der Waals surface area (Å²) < 4.78 is 0. The predicted molar refractivity (Wildman–Crippen MR) is 79.3 cm³/mol. The average molecular weight is 269 g/mol. The maximum atomic E-state index is 12.3. The summed E-state index contributed by atoms with van der Waals surface area (Å²) in [5.41, 5.74) is 8.08. The maximum absolute atomic E-state index is 12.3. The van der Waals surface area contributed by atoms with Crippen LogP contribution in [-0.4, -0.2) is 17.4 Å². The number of hydrogen-bond acceptors (Lipinski definition) is 3. The Kier molecular flexibility index (Phi) is 4.85. The van der Waals surface area contributed by atoms with Gasteiger partial charge in [-0.15, -0.1) is 0 Å². The maximum Gasteiger partial charge on any atom is 0.252 e. The van der Waals surface area contributed by atoms with Crippen molar-refractivity contribution in [2.45, 2.75) is 19.4 Å². The van der Waals surface area contributed by atoms with Crippen molar-refractivity contribution >= 4 is 5.91 Å². The molecule has 2 rings (SSSR count). The Bertz CT molecular complexity index is 569. The van der Waals surface area contributed by atoms with Crippen LogP contribution in [0.4, 0.5) is 0 Å². The van der Waals surface area contributed by atoms with Gasteiger partial charge in [-0.05, 0) is 43.7 Å². The van der Waals surface area contributed by atoms with Crippen molar-refractivity contribution in [3.63, 3.8) is 0 Å². The molecule has 20 heavy (non-hydrogen) atoms. The Morgan fingerprint density at radius 1 is 1.25 bits per heavy atom. The number of carbonyl (C=O) groups is 1. The number of benzene rings is 1. The third kappa shape index (κ3) is 3.42. The van der Waals surface area contributed by atoms with E-state index in [0.717, 1.165) is 11.3 Å². The molecule has 0 saturated carbocycles. The molecule has 0 fully saturated rings. The highest BCUT2D eigenvalue weighted by atomic mass is 16.1. The van der Waals surface area contributed by atoms with Crippen LogP contribution in [0, 0.1) is 0 Å². The van der Waals surface area contributed by atoms with Crippen molar-refractivity contribution < 1.29 is 4.79 Å². The topological polar surface area (TPSA) is 68.0 Å². The largest absolute Gasteiger partial charge is 0.344 e. The summed E-state index contributed by atoms with van der Waals surface area (Å²) >= 11 is 0. The summed E-state index contributed by atoms with van der Waals surface area (Å²) in [5, 5.41) is 2.97. The van der Waals surface area contributed by atoms with Crippen molar-refractivity contribution in [3.05, 3.63) is 65.5 Å². The van der Waals surface area contributed by atoms with Crippen molar-refractivity contribution in [2.24, 2.45) is 5.73 Å². The number of rotatable bonds is 5. The lowest BCUT2D eigenvalue weighted by atomic mass is 10.0. The summed E-state index contributed by atoms with van der Waals surface area (Å²) in [6.45, 7) is 2.45. The van der Waals surface area contributed by atoms with Crippen LogP contribution < -0.4 is 11.1 Å². The summed E-state index contributed by atoms with van der Waals surface area (Å²) in [6, 6.07) is 13.1. The highest BCUT2D eigenvalue weighted by Crippen LogP contribution is 2.13. The van der Waals surface area contributed by atoms with Gasteiger partial charge in [0.2, 0.25) is 0 Å². The standard InChI is InChI=1S/C16H19N3O/c1-12(15-8-4-5-11-18-15)19-16(20)14-7-3-2-6-13(14)9-10-17/h2-8,11-12H,9-10,17H2,1H3,(H,19,20). The molecule has 1 unspecified atom stereocenters. The van der Waals surface area contributed by atoms with Crippen LogP contribution >= 0.6 is 0 Å². The zero-order chi connectivity index (χ0) is 14.4. The number of hydrogen-bond donors (Lipinski definition) is 2. The van der Waals surface area contributed by atoms with E-state index in [0.29, 0.717) is 18.5 Å². The molecule has 4 nitrogen and oxygen atoms in total. The van der Waals surface area contributed by atoms with Gasteiger partial charge in [-0.2, -0.15) is 0 Å². The van der Waals surface area contributed by atoms with Gasteiger partial charge >= 0.3 is 0 Å². The van der Waals surface area contributed by atoms with E-state index in [1.807, 2.05) is 49.4 Å². The zero-order valence-electron chi connectivity index (χ0n) is 11.5. The molecule has 0 aliphatic heterocycles. The number of nitrogens with two attached hydrogens (primary N) is 1. The number of nitrogens with one attached hydrogen (secondary N) is 1. The third-order valence-corrected chi connectivity index (χ3v) is 3.15. The summed E-state index contributed by atoms with van der Waals surface area (Å²) in [5.74, 6) is -0.0906. The fourth-order valence-corrected chi connectivity index (χ4v) is 2.10. The monoisotopic (exact) mass is 269 g/mol. The number of amides is 1. The molecule has 3 N–H and O–H groups in total. The molecule has 2 aromatic rings. The predicted octanol–water partition coefficient (Wildman–Crippen LogP) is 2.07. The fraction of sp³-hybridized carbons (Fsp3) is 0.250. The van der Waals surface area contributed by atoms with Gasteiger partial charge in [-0.3, -0.25) is 9.78 Å². The lowest BCUT2D eigenvalue weighted by Gasteiger charge is -2.15. The van der Waals surface area contributed by atoms with Crippen LogP contribution in [0.5, 0.6) is 0 Å². The Labute approximate surface area is 119 Å². The summed E-state index contributed by atoms with van der Waals surface area (Å²) in [7, 11) is 0. The van der Waals surface area contributed by atoms with E-state index >= 15 is 0 Å². The minimum atomic E-state index is -0.130. The first-order chi connectivity index (χ1) is 9.72. The molecular weight excluding hydrogens is 250 g/mol. The molecule has 1 heterocycles. The van der Waals surface area contributed by atoms with Gasteiger partial charge in [-0.1, -0.05) is 24.3 Å². The first kappa shape index (κ1) is 14.2.